The van der Waals surface area contributed by atoms with Crippen LogP contribution < -0.4 is 9.80 Å². The molecule has 0 aliphatic rings. The molecule has 3 rings (SSSR count). The summed E-state index contributed by atoms with van der Waals surface area (Å²) in [5.41, 5.74) is 5.41. The zero-order valence-corrected chi connectivity index (χ0v) is 16.5. The lowest BCUT2D eigenvalue weighted by Gasteiger charge is -2.25. The topological polar surface area (TPSA) is 26.7 Å². The Bertz CT molecular complexity index is 840. The Morgan fingerprint density at radius 1 is 0.556 bits per heavy atom. The van der Waals surface area contributed by atoms with Crippen molar-refractivity contribution in [2.24, 2.45) is 0 Å². The number of rotatable bonds is 6. The van der Waals surface area contributed by atoms with Crippen LogP contribution in [0.15, 0.2) is 78.9 Å². The van der Waals surface area contributed by atoms with Crippen molar-refractivity contribution in [3.8, 4) is 0 Å². The van der Waals surface area contributed by atoms with Gasteiger partial charge in [-0.2, -0.15) is 0 Å². The summed E-state index contributed by atoms with van der Waals surface area (Å²) in [4.78, 5) is 4.14. The number of benzene rings is 3. The van der Waals surface area contributed by atoms with E-state index >= 15 is 0 Å². The first kappa shape index (κ1) is 19.0. The minimum absolute atomic E-state index is 0.118. The molecule has 0 aromatic heterocycles. The summed E-state index contributed by atoms with van der Waals surface area (Å²) in [5, 5.41) is 11.3. The molecule has 0 fully saturated rings. The molecule has 27 heavy (non-hydrogen) atoms. The standard InChI is InChI=1S/C24H28N2O/c1-25(2)21-14-10-19(11-15-21)23(18-8-6-5-7-9-18)24(27)20-12-16-22(17-13-20)26(3)4/h5-17,23-24,27H,1-4H3. The molecule has 2 atom stereocenters. The highest BCUT2D eigenvalue weighted by Gasteiger charge is 2.24. The van der Waals surface area contributed by atoms with Gasteiger partial charge in [0, 0.05) is 45.5 Å². The van der Waals surface area contributed by atoms with Crippen LogP contribution in [0.25, 0.3) is 0 Å². The molecule has 0 amide bonds. The van der Waals surface area contributed by atoms with Gasteiger partial charge in [0.15, 0.2) is 0 Å². The molecule has 0 bridgehead atoms. The van der Waals surface area contributed by atoms with Gasteiger partial charge in [-0.25, -0.2) is 0 Å². The third kappa shape index (κ3) is 4.32. The van der Waals surface area contributed by atoms with Crippen molar-refractivity contribution < 1.29 is 5.11 Å². The maximum Gasteiger partial charge on any atom is 0.0899 e. The van der Waals surface area contributed by atoms with E-state index in [4.69, 9.17) is 0 Å². The first-order valence-corrected chi connectivity index (χ1v) is 9.25. The van der Waals surface area contributed by atoms with Crippen LogP contribution in [0.4, 0.5) is 11.4 Å². The summed E-state index contributed by atoms with van der Waals surface area (Å²) in [5.74, 6) is -0.118. The van der Waals surface area contributed by atoms with Gasteiger partial charge in [0.2, 0.25) is 0 Å². The van der Waals surface area contributed by atoms with Crippen LogP contribution in [0.5, 0.6) is 0 Å². The zero-order chi connectivity index (χ0) is 19.4. The maximum atomic E-state index is 11.3. The van der Waals surface area contributed by atoms with Crippen LogP contribution in [0.3, 0.4) is 0 Å². The van der Waals surface area contributed by atoms with E-state index in [1.54, 1.807) is 0 Å². The van der Waals surface area contributed by atoms with Gasteiger partial charge in [-0.05, 0) is 41.0 Å². The van der Waals surface area contributed by atoms with Gasteiger partial charge in [-0.3, -0.25) is 0 Å². The molecule has 3 aromatic carbocycles. The Hall–Kier alpha value is -2.78. The van der Waals surface area contributed by atoms with Gasteiger partial charge in [0.25, 0.3) is 0 Å². The van der Waals surface area contributed by atoms with E-state index in [1.165, 1.54) is 0 Å². The van der Waals surface area contributed by atoms with Gasteiger partial charge in [0.05, 0.1) is 6.10 Å². The van der Waals surface area contributed by atoms with E-state index in [-0.39, 0.29) is 5.92 Å². The highest BCUT2D eigenvalue weighted by Crippen LogP contribution is 2.37. The van der Waals surface area contributed by atoms with Crippen molar-refractivity contribution in [3.63, 3.8) is 0 Å². The number of hydrogen-bond donors (Lipinski definition) is 1. The minimum Gasteiger partial charge on any atom is -0.387 e. The lowest BCUT2D eigenvalue weighted by molar-refractivity contribution is 0.159. The zero-order valence-electron chi connectivity index (χ0n) is 16.5. The molecule has 0 heterocycles. The largest absolute Gasteiger partial charge is 0.387 e. The highest BCUT2D eigenvalue weighted by molar-refractivity contribution is 5.50. The molecule has 140 valence electrons. The van der Waals surface area contributed by atoms with E-state index < -0.39 is 6.10 Å². The van der Waals surface area contributed by atoms with E-state index in [0.717, 1.165) is 28.1 Å². The van der Waals surface area contributed by atoms with E-state index in [2.05, 4.69) is 58.3 Å². The van der Waals surface area contributed by atoms with Crippen molar-refractivity contribution in [2.45, 2.75) is 12.0 Å². The second-order valence-corrected chi connectivity index (χ2v) is 7.31. The summed E-state index contributed by atoms with van der Waals surface area (Å²) in [7, 11) is 8.10. The number of anilines is 2. The Kier molecular flexibility index (Phi) is 5.82. The third-order valence-corrected chi connectivity index (χ3v) is 4.99. The predicted molar refractivity (Wildman–Crippen MR) is 115 cm³/mol. The summed E-state index contributed by atoms with van der Waals surface area (Å²) in [6.07, 6.45) is -0.617. The SMILES string of the molecule is CN(C)c1ccc(C(O)C(c2ccccc2)c2ccc(N(C)C)cc2)cc1. The third-order valence-electron chi connectivity index (χ3n) is 4.99. The normalized spacial score (nSPS) is 13.1. The van der Waals surface area contributed by atoms with Crippen molar-refractivity contribution in [3.05, 3.63) is 95.6 Å². The molecule has 3 nitrogen and oxygen atoms in total. The molecule has 0 saturated heterocycles. The number of nitrogens with zero attached hydrogens (tertiary/aromatic N) is 2. The second kappa shape index (κ2) is 8.28. The summed E-state index contributed by atoms with van der Waals surface area (Å²) in [6, 6.07) is 26.8. The van der Waals surface area contributed by atoms with Crippen LogP contribution in [-0.2, 0) is 0 Å². The van der Waals surface area contributed by atoms with Gasteiger partial charge in [0.1, 0.15) is 0 Å². The summed E-state index contributed by atoms with van der Waals surface area (Å²) in [6.45, 7) is 0. The monoisotopic (exact) mass is 360 g/mol. The molecule has 0 saturated carbocycles. The summed E-state index contributed by atoms with van der Waals surface area (Å²) >= 11 is 0. The fraction of sp³-hybridized carbons (Fsp3) is 0.250. The Balaban J connectivity index is 1.99. The molecule has 0 spiro atoms. The van der Waals surface area contributed by atoms with Crippen LogP contribution in [0, 0.1) is 0 Å². The number of aliphatic hydroxyl groups excluding tert-OH is 1. The van der Waals surface area contributed by atoms with Crippen LogP contribution >= 0.6 is 0 Å². The van der Waals surface area contributed by atoms with Crippen molar-refractivity contribution in [1.29, 1.82) is 0 Å². The first-order valence-electron chi connectivity index (χ1n) is 9.25. The quantitative estimate of drug-likeness (QED) is 0.691. The van der Waals surface area contributed by atoms with Crippen molar-refractivity contribution in [2.75, 3.05) is 38.0 Å². The van der Waals surface area contributed by atoms with Gasteiger partial charge >= 0.3 is 0 Å². The van der Waals surface area contributed by atoms with E-state index in [1.807, 2.05) is 58.5 Å². The average molecular weight is 361 g/mol. The molecule has 3 aromatic rings. The molecule has 0 radical (unpaired) electrons. The predicted octanol–water partition coefficient (Wildman–Crippen LogP) is 4.68. The highest BCUT2D eigenvalue weighted by atomic mass is 16.3. The van der Waals surface area contributed by atoms with Gasteiger partial charge in [-0.1, -0.05) is 54.6 Å². The molecule has 0 aliphatic carbocycles. The average Bonchev–Trinajstić information content (AvgIpc) is 2.69. The smallest absolute Gasteiger partial charge is 0.0899 e. The second-order valence-electron chi connectivity index (χ2n) is 7.31. The van der Waals surface area contributed by atoms with E-state index in [9.17, 15) is 5.11 Å². The first-order chi connectivity index (χ1) is 13.0. The Morgan fingerprint density at radius 2 is 0.963 bits per heavy atom. The van der Waals surface area contributed by atoms with Crippen LogP contribution in [-0.4, -0.2) is 33.3 Å². The number of hydrogen-bond acceptors (Lipinski definition) is 3. The molecular weight excluding hydrogens is 332 g/mol. The van der Waals surface area contributed by atoms with Crippen molar-refractivity contribution >= 4 is 11.4 Å². The number of aliphatic hydroxyl groups is 1. The van der Waals surface area contributed by atoms with Crippen LogP contribution in [0.1, 0.15) is 28.7 Å². The minimum atomic E-state index is -0.617. The van der Waals surface area contributed by atoms with Crippen LogP contribution in [0.2, 0.25) is 0 Å². The Labute approximate surface area is 162 Å². The summed E-state index contributed by atoms with van der Waals surface area (Å²) < 4.78 is 0. The van der Waals surface area contributed by atoms with Crippen molar-refractivity contribution in [1.82, 2.24) is 0 Å². The lowest BCUT2D eigenvalue weighted by Crippen LogP contribution is -2.14. The fourth-order valence-electron chi connectivity index (χ4n) is 3.36. The molecule has 1 N–H and O–H groups in total. The Morgan fingerprint density at radius 3 is 1.41 bits per heavy atom. The molecular formula is C24H28N2O. The lowest BCUT2D eigenvalue weighted by atomic mass is 9.83. The maximum absolute atomic E-state index is 11.3. The molecule has 2 unspecified atom stereocenters. The van der Waals surface area contributed by atoms with Gasteiger partial charge in [-0.15, -0.1) is 0 Å². The molecule has 0 aliphatic heterocycles. The fourth-order valence-corrected chi connectivity index (χ4v) is 3.36. The van der Waals surface area contributed by atoms with E-state index in [0.29, 0.717) is 0 Å². The van der Waals surface area contributed by atoms with Gasteiger partial charge < -0.3 is 14.9 Å². The molecule has 3 heteroatoms.